The van der Waals surface area contributed by atoms with Crippen molar-refractivity contribution in [1.29, 1.82) is 0 Å². The van der Waals surface area contributed by atoms with Crippen LogP contribution >= 0.6 is 18.7 Å². The number of hydrogen-bond donors (Lipinski definition) is 1. The van der Waals surface area contributed by atoms with Gasteiger partial charge in [-0.1, -0.05) is 27.7 Å². The van der Waals surface area contributed by atoms with Gasteiger partial charge in [0, 0.05) is 30.6 Å². The van der Waals surface area contributed by atoms with Crippen LogP contribution in [0.5, 0.6) is 0 Å². The zero-order valence-electron chi connectivity index (χ0n) is 23.0. The minimum Gasteiger partial charge on any atom is -0.477 e. The van der Waals surface area contributed by atoms with Crippen LogP contribution in [0, 0.1) is 11.8 Å². The molecule has 2 aliphatic carbocycles. The molecule has 7 nitrogen and oxygen atoms in total. The van der Waals surface area contributed by atoms with Gasteiger partial charge in [0.2, 0.25) is 13.3 Å². The summed E-state index contributed by atoms with van der Waals surface area (Å²) in [5, 5.41) is 9.23. The number of carboxylic acid groups (broad SMARTS) is 1. The maximum atomic E-state index is 14.1. The normalized spacial score (nSPS) is 28.9. The number of hydrogen-bond acceptors (Lipinski definition) is 6. The molecule has 1 aromatic rings. The van der Waals surface area contributed by atoms with Gasteiger partial charge in [-0.3, -0.25) is 9.36 Å². The topological polar surface area (TPSA) is 93.1 Å². The molecule has 0 bridgehead atoms. The average Bonchev–Trinajstić information content (AvgIpc) is 3.26. The number of aromatic carboxylic acids is 1. The Balaban J connectivity index is 2.00. The first-order valence-electron chi connectivity index (χ1n) is 13.2. The molecule has 0 radical (unpaired) electrons. The summed E-state index contributed by atoms with van der Waals surface area (Å²) in [6.45, 7) is 12.2. The van der Waals surface area contributed by atoms with Gasteiger partial charge in [-0.25, -0.2) is 4.79 Å². The maximum absolute atomic E-state index is 14.1. The Bertz CT molecular complexity index is 983. The molecule has 1 amide bonds. The third-order valence-electron chi connectivity index (χ3n) is 8.11. The lowest BCUT2D eigenvalue weighted by Gasteiger charge is -2.45. The van der Waals surface area contributed by atoms with Gasteiger partial charge >= 0.3 is 5.97 Å². The van der Waals surface area contributed by atoms with Gasteiger partial charge in [0.05, 0.1) is 12.3 Å². The van der Waals surface area contributed by atoms with Crippen LogP contribution in [0.3, 0.4) is 0 Å². The van der Waals surface area contributed by atoms with E-state index in [1.54, 1.807) is 18.7 Å². The van der Waals surface area contributed by atoms with E-state index in [0.29, 0.717) is 43.9 Å². The van der Waals surface area contributed by atoms with Crippen molar-refractivity contribution in [3.8, 4) is 0 Å². The van der Waals surface area contributed by atoms with Gasteiger partial charge in [-0.05, 0) is 75.7 Å². The van der Waals surface area contributed by atoms with Gasteiger partial charge in [0.15, 0.2) is 0 Å². The highest BCUT2D eigenvalue weighted by atomic mass is 32.1. The number of nitrogens with zero attached hydrogens (tertiary/aromatic N) is 1. The van der Waals surface area contributed by atoms with Crippen molar-refractivity contribution in [2.24, 2.45) is 11.8 Å². The highest BCUT2D eigenvalue weighted by molar-refractivity contribution is 7.59. The number of methoxy groups -OCH3 is 1. The second kappa shape index (κ2) is 11.3. The maximum Gasteiger partial charge on any atom is 0.348 e. The molecule has 1 heterocycles. The molecule has 1 aromatic heterocycles. The summed E-state index contributed by atoms with van der Waals surface area (Å²) in [5.41, 5.74) is 0.284. The lowest BCUT2D eigenvalue weighted by molar-refractivity contribution is -0.124. The Morgan fingerprint density at radius 1 is 1.17 bits per heavy atom. The molecule has 3 rings (SSSR count). The number of carbonyl (C=O) groups excluding carboxylic acids is 1. The molecule has 1 atom stereocenters. The molecular formula is C27H44NO6PS. The lowest BCUT2D eigenvalue weighted by Crippen LogP contribution is -2.49. The fraction of sp³-hybridized carbons (Fsp3) is 0.778. The lowest BCUT2D eigenvalue weighted by atomic mass is 9.81. The van der Waals surface area contributed by atoms with Crippen LogP contribution in [0.1, 0.15) is 101 Å². The Hall–Kier alpha value is -1.21. The number of carbonyl (C=O) groups is 2. The van der Waals surface area contributed by atoms with Crippen LogP contribution in [-0.2, 0) is 24.0 Å². The van der Waals surface area contributed by atoms with E-state index in [2.05, 4.69) is 27.7 Å². The van der Waals surface area contributed by atoms with Crippen molar-refractivity contribution in [3.63, 3.8) is 0 Å². The molecule has 204 valence electrons. The fourth-order valence-corrected chi connectivity index (χ4v) is 8.91. The van der Waals surface area contributed by atoms with Crippen molar-refractivity contribution < 1.29 is 28.5 Å². The van der Waals surface area contributed by atoms with Crippen molar-refractivity contribution in [3.05, 3.63) is 15.8 Å². The van der Waals surface area contributed by atoms with Gasteiger partial charge in [0.1, 0.15) is 10.2 Å². The summed E-state index contributed by atoms with van der Waals surface area (Å²) in [6, 6.07) is 1.74. The van der Waals surface area contributed by atoms with Crippen molar-refractivity contribution >= 4 is 36.3 Å². The number of anilines is 1. The van der Waals surface area contributed by atoms with Crippen LogP contribution in [0.2, 0.25) is 0 Å². The molecular weight excluding hydrogens is 497 g/mol. The molecule has 1 N–H and O–H groups in total. The molecule has 36 heavy (non-hydrogen) atoms. The summed E-state index contributed by atoms with van der Waals surface area (Å²) in [4.78, 5) is 29.4. The monoisotopic (exact) mass is 541 g/mol. The van der Waals surface area contributed by atoms with E-state index < -0.39 is 18.7 Å². The largest absolute Gasteiger partial charge is 0.477 e. The first kappa shape index (κ1) is 29.3. The van der Waals surface area contributed by atoms with Crippen molar-refractivity contribution in [1.82, 2.24) is 0 Å². The smallest absolute Gasteiger partial charge is 0.348 e. The Morgan fingerprint density at radius 2 is 1.75 bits per heavy atom. The van der Waals surface area contributed by atoms with E-state index in [4.69, 9.17) is 9.26 Å². The average molecular weight is 542 g/mol. The van der Waals surface area contributed by atoms with Crippen molar-refractivity contribution in [2.45, 2.75) is 103 Å². The van der Waals surface area contributed by atoms with Crippen LogP contribution < -0.4 is 4.90 Å². The standard InChI is InChI=1S/C27H44NO6PS/c1-8-34-35(7,32)27(33-6)15-13-20(14-16-27)28(24(29)19-11-9-18(2)10-12-19)21-17-22(26(3,4)5)36-23(21)25(30)31/h17-20H,8-16H2,1-7H3,(H,30,31). The van der Waals surface area contributed by atoms with E-state index in [-0.39, 0.29) is 28.2 Å². The molecule has 0 aromatic carbocycles. The first-order valence-corrected chi connectivity index (χ1v) is 16.1. The highest BCUT2D eigenvalue weighted by Crippen LogP contribution is 2.62. The molecule has 2 fully saturated rings. The second-order valence-corrected chi connectivity index (χ2v) is 15.5. The summed E-state index contributed by atoms with van der Waals surface area (Å²) < 4.78 is 24.9. The Labute approximate surface area is 220 Å². The molecule has 0 saturated heterocycles. The highest BCUT2D eigenvalue weighted by Gasteiger charge is 2.50. The minimum atomic E-state index is -3.05. The van der Waals surface area contributed by atoms with Crippen LogP contribution in [0.15, 0.2) is 6.07 Å². The first-order chi connectivity index (χ1) is 16.8. The van der Waals surface area contributed by atoms with E-state index in [9.17, 15) is 19.3 Å². The predicted octanol–water partition coefficient (Wildman–Crippen LogP) is 7.13. The SMILES string of the molecule is CCOP(C)(=O)C1(OC)CCC(N(C(=O)C2CCC(C)CC2)c2cc(C(C)(C)C)sc2C(=O)O)CC1. The van der Waals surface area contributed by atoms with E-state index in [1.165, 1.54) is 11.3 Å². The number of thiophene rings is 1. The predicted molar refractivity (Wildman–Crippen MR) is 146 cm³/mol. The van der Waals surface area contributed by atoms with Crippen LogP contribution in [0.4, 0.5) is 5.69 Å². The van der Waals surface area contributed by atoms with E-state index in [1.807, 2.05) is 13.0 Å². The second-order valence-electron chi connectivity index (χ2n) is 11.7. The van der Waals surface area contributed by atoms with Gasteiger partial charge < -0.3 is 19.3 Å². The summed E-state index contributed by atoms with van der Waals surface area (Å²) in [6.07, 6.45) is 5.82. The van der Waals surface area contributed by atoms with Gasteiger partial charge in [0.25, 0.3) is 0 Å². The molecule has 0 aliphatic heterocycles. The fourth-order valence-electron chi connectivity index (χ4n) is 5.73. The summed E-state index contributed by atoms with van der Waals surface area (Å²) >= 11 is 1.26. The number of rotatable bonds is 8. The molecule has 2 aliphatic rings. The Kier molecular flexibility index (Phi) is 9.18. The molecule has 9 heteroatoms. The third-order valence-corrected chi connectivity index (χ3v) is 12.5. The summed E-state index contributed by atoms with van der Waals surface area (Å²) in [5.74, 6) is -0.463. The molecule has 1 unspecified atom stereocenters. The van der Waals surface area contributed by atoms with E-state index >= 15 is 0 Å². The number of ether oxygens (including phenoxy) is 1. The quantitative estimate of drug-likeness (QED) is 0.352. The zero-order valence-corrected chi connectivity index (χ0v) is 24.7. The number of carboxylic acids is 1. The molecule has 2 saturated carbocycles. The Morgan fingerprint density at radius 3 is 2.22 bits per heavy atom. The van der Waals surface area contributed by atoms with Gasteiger partial charge in [-0.15, -0.1) is 11.3 Å². The zero-order chi connectivity index (χ0) is 26.9. The summed E-state index contributed by atoms with van der Waals surface area (Å²) in [7, 11) is -1.46. The van der Waals surface area contributed by atoms with Crippen LogP contribution in [0.25, 0.3) is 0 Å². The minimum absolute atomic E-state index is 0.0297. The molecule has 0 spiro atoms. The van der Waals surface area contributed by atoms with E-state index in [0.717, 1.165) is 30.6 Å². The third kappa shape index (κ3) is 5.92. The van der Waals surface area contributed by atoms with Crippen LogP contribution in [-0.4, -0.2) is 48.7 Å². The van der Waals surface area contributed by atoms with Crippen molar-refractivity contribution in [2.75, 3.05) is 25.3 Å². The van der Waals surface area contributed by atoms with Gasteiger partial charge in [-0.2, -0.15) is 0 Å². The number of amides is 1.